The van der Waals surface area contributed by atoms with E-state index >= 15 is 0 Å². The van der Waals surface area contributed by atoms with Gasteiger partial charge in [0.15, 0.2) is 11.5 Å². The summed E-state index contributed by atoms with van der Waals surface area (Å²) in [5.41, 5.74) is 3.37. The van der Waals surface area contributed by atoms with E-state index < -0.39 is 35.2 Å². The van der Waals surface area contributed by atoms with E-state index in [1.54, 1.807) is 20.8 Å². The average molecular weight is 341 g/mol. The number of nitrogens with zero attached hydrogens (tertiary/aromatic N) is 3. The fourth-order valence-electron chi connectivity index (χ4n) is 2.07. The molecule has 0 fully saturated rings. The number of aliphatic hydroxyl groups excluding tert-OH is 1. The highest BCUT2D eigenvalue weighted by Gasteiger charge is 2.48. The molecule has 1 aliphatic heterocycles. The average Bonchev–Trinajstić information content (AvgIpc) is 2.76. The van der Waals surface area contributed by atoms with Gasteiger partial charge in [-0.3, -0.25) is 5.41 Å². The van der Waals surface area contributed by atoms with Gasteiger partial charge < -0.3 is 10.8 Å². The Balaban J connectivity index is 2.46. The maximum Gasteiger partial charge on any atom is 0.437 e. The van der Waals surface area contributed by atoms with Crippen molar-refractivity contribution in [3.63, 3.8) is 0 Å². The lowest BCUT2D eigenvalue weighted by Crippen LogP contribution is -2.41. The number of halogens is 3. The molecule has 24 heavy (non-hydrogen) atoms. The molecule has 6 nitrogen and oxygen atoms in total. The molecule has 130 valence electrons. The lowest BCUT2D eigenvalue weighted by atomic mass is 10.1. The number of alkyl halides is 3. The standard InChI is InChI=1S/C15H18F3N5O/c1-14(2,3)23-12(19)10(11(22-23)15(16,17)18)21-9-6-4-8(5-7-9)13(20)24/h4-7,13,19,24H,20H2,1-3H3. The van der Waals surface area contributed by atoms with Crippen molar-refractivity contribution in [1.29, 1.82) is 5.41 Å². The summed E-state index contributed by atoms with van der Waals surface area (Å²) in [6.07, 6.45) is -5.90. The first-order valence-electron chi connectivity index (χ1n) is 7.09. The van der Waals surface area contributed by atoms with Crippen LogP contribution in [0, 0.1) is 5.41 Å². The van der Waals surface area contributed by atoms with Crippen molar-refractivity contribution in [3.8, 4) is 0 Å². The van der Waals surface area contributed by atoms with Gasteiger partial charge in [-0.05, 0) is 38.5 Å². The summed E-state index contributed by atoms with van der Waals surface area (Å²) in [5, 5.41) is 21.8. The van der Waals surface area contributed by atoms with Crippen molar-refractivity contribution < 1.29 is 18.3 Å². The van der Waals surface area contributed by atoms with Gasteiger partial charge in [-0.15, -0.1) is 0 Å². The van der Waals surface area contributed by atoms with Crippen molar-refractivity contribution in [1.82, 2.24) is 5.01 Å². The summed E-state index contributed by atoms with van der Waals surface area (Å²) in [6.45, 7) is 4.96. The van der Waals surface area contributed by atoms with Crippen molar-refractivity contribution >= 4 is 22.9 Å². The molecular weight excluding hydrogens is 323 g/mol. The Morgan fingerprint density at radius 2 is 1.75 bits per heavy atom. The normalized spacial score (nSPS) is 19.0. The van der Waals surface area contributed by atoms with Gasteiger partial charge >= 0.3 is 6.18 Å². The molecule has 0 radical (unpaired) electrons. The summed E-state index contributed by atoms with van der Waals surface area (Å²) in [6, 6.07) is 5.74. The molecule has 0 spiro atoms. The van der Waals surface area contributed by atoms with E-state index in [1.165, 1.54) is 24.3 Å². The van der Waals surface area contributed by atoms with Gasteiger partial charge in [0.25, 0.3) is 0 Å². The van der Waals surface area contributed by atoms with E-state index in [1.807, 2.05) is 0 Å². The van der Waals surface area contributed by atoms with Crippen molar-refractivity contribution in [2.45, 2.75) is 38.7 Å². The van der Waals surface area contributed by atoms with Gasteiger partial charge in [-0.25, -0.2) is 10.0 Å². The van der Waals surface area contributed by atoms with Crippen LogP contribution in [-0.2, 0) is 0 Å². The Bertz CT molecular complexity index is 699. The highest BCUT2D eigenvalue weighted by molar-refractivity contribution is 6.70. The summed E-state index contributed by atoms with van der Waals surface area (Å²) >= 11 is 0. The minimum atomic E-state index is -4.72. The van der Waals surface area contributed by atoms with Gasteiger partial charge in [0.2, 0.25) is 0 Å². The Morgan fingerprint density at radius 1 is 1.21 bits per heavy atom. The second kappa shape index (κ2) is 5.99. The van der Waals surface area contributed by atoms with E-state index in [0.717, 1.165) is 5.01 Å². The van der Waals surface area contributed by atoms with Crippen LogP contribution >= 0.6 is 0 Å². The number of aliphatic hydroxyl groups is 1. The largest absolute Gasteiger partial charge is 0.437 e. The fourth-order valence-corrected chi connectivity index (χ4v) is 2.07. The minimum Gasteiger partial charge on any atom is -0.375 e. The lowest BCUT2D eigenvalue weighted by Gasteiger charge is -2.29. The maximum absolute atomic E-state index is 13.2. The second-order valence-electron chi connectivity index (χ2n) is 6.27. The first-order valence-corrected chi connectivity index (χ1v) is 7.09. The smallest absolute Gasteiger partial charge is 0.375 e. The zero-order valence-electron chi connectivity index (χ0n) is 13.4. The molecule has 1 atom stereocenters. The maximum atomic E-state index is 13.2. The molecular formula is C15H18F3N5O. The molecule has 1 aliphatic rings. The highest BCUT2D eigenvalue weighted by atomic mass is 19.4. The van der Waals surface area contributed by atoms with Crippen molar-refractivity contribution in [3.05, 3.63) is 29.8 Å². The van der Waals surface area contributed by atoms with Crippen LogP contribution in [0.5, 0.6) is 0 Å². The zero-order chi connectivity index (χ0) is 18.3. The number of nitrogens with two attached hydrogens (primary N) is 1. The lowest BCUT2D eigenvalue weighted by molar-refractivity contribution is -0.0573. The molecule has 0 saturated carbocycles. The van der Waals surface area contributed by atoms with Crippen molar-refractivity contribution in [2.24, 2.45) is 15.8 Å². The molecule has 2 rings (SSSR count). The van der Waals surface area contributed by atoms with Crippen LogP contribution in [0.25, 0.3) is 0 Å². The number of benzene rings is 1. The van der Waals surface area contributed by atoms with Gasteiger partial charge in [0.1, 0.15) is 11.9 Å². The Morgan fingerprint density at radius 3 is 2.17 bits per heavy atom. The fraction of sp³-hybridized carbons (Fsp3) is 0.400. The first kappa shape index (κ1) is 18.1. The number of rotatable bonds is 2. The molecule has 1 unspecified atom stereocenters. The molecule has 0 bridgehead atoms. The SMILES string of the molecule is CC(C)(C)N1N=C(C(F)(F)F)C(=Nc2ccc(C(N)O)cc2)C1=N. The molecule has 1 aromatic carbocycles. The summed E-state index contributed by atoms with van der Waals surface area (Å²) < 4.78 is 39.7. The van der Waals surface area contributed by atoms with Crippen LogP contribution in [0.4, 0.5) is 18.9 Å². The molecule has 0 saturated heterocycles. The third-order valence-electron chi connectivity index (χ3n) is 3.24. The second-order valence-corrected chi connectivity index (χ2v) is 6.27. The molecule has 9 heteroatoms. The van der Waals surface area contributed by atoms with Crippen LogP contribution in [0.3, 0.4) is 0 Å². The van der Waals surface area contributed by atoms with E-state index in [-0.39, 0.29) is 5.69 Å². The summed E-state index contributed by atoms with van der Waals surface area (Å²) in [5.74, 6) is -0.419. The van der Waals surface area contributed by atoms with Gasteiger partial charge in [-0.2, -0.15) is 18.3 Å². The number of amidine groups is 1. The summed E-state index contributed by atoms with van der Waals surface area (Å²) in [4.78, 5) is 3.93. The molecule has 0 aromatic heterocycles. The Kier molecular flexibility index (Phi) is 4.51. The number of hydrazone groups is 1. The van der Waals surface area contributed by atoms with Crippen LogP contribution in [-0.4, -0.2) is 39.1 Å². The van der Waals surface area contributed by atoms with Crippen molar-refractivity contribution in [2.75, 3.05) is 0 Å². The van der Waals surface area contributed by atoms with Crippen LogP contribution in [0.2, 0.25) is 0 Å². The number of hydrogen-bond donors (Lipinski definition) is 3. The Labute approximate surface area is 137 Å². The summed E-state index contributed by atoms with van der Waals surface area (Å²) in [7, 11) is 0. The molecule has 1 heterocycles. The number of nitrogens with one attached hydrogen (secondary N) is 1. The predicted molar refractivity (Wildman–Crippen MR) is 85.5 cm³/mol. The first-order chi connectivity index (χ1) is 10.9. The van der Waals surface area contributed by atoms with E-state index in [2.05, 4.69) is 10.1 Å². The topological polar surface area (TPSA) is 98.1 Å². The van der Waals surface area contributed by atoms with Gasteiger partial charge in [-0.1, -0.05) is 12.1 Å². The predicted octanol–water partition coefficient (Wildman–Crippen LogP) is 2.72. The molecule has 0 aliphatic carbocycles. The van der Waals surface area contributed by atoms with Crippen LogP contribution < -0.4 is 5.73 Å². The highest BCUT2D eigenvalue weighted by Crippen LogP contribution is 2.29. The van der Waals surface area contributed by atoms with E-state index in [0.29, 0.717) is 5.56 Å². The Hall–Kier alpha value is -2.26. The molecule has 0 amide bonds. The minimum absolute atomic E-state index is 0.201. The zero-order valence-corrected chi connectivity index (χ0v) is 13.4. The van der Waals surface area contributed by atoms with Gasteiger partial charge in [0.05, 0.1) is 11.2 Å². The molecule has 4 N–H and O–H groups in total. The quantitative estimate of drug-likeness (QED) is 0.721. The van der Waals surface area contributed by atoms with Crippen LogP contribution in [0.1, 0.15) is 32.6 Å². The number of hydrogen-bond acceptors (Lipinski definition) is 5. The third kappa shape index (κ3) is 3.62. The van der Waals surface area contributed by atoms with E-state index in [9.17, 15) is 18.3 Å². The van der Waals surface area contributed by atoms with E-state index in [4.69, 9.17) is 11.1 Å². The van der Waals surface area contributed by atoms with Crippen LogP contribution in [0.15, 0.2) is 34.4 Å². The monoisotopic (exact) mass is 341 g/mol. The molecule has 1 aromatic rings. The van der Waals surface area contributed by atoms with Gasteiger partial charge in [0, 0.05) is 0 Å². The number of aliphatic imine (C=N–C) groups is 1. The third-order valence-corrected chi connectivity index (χ3v) is 3.24.